The van der Waals surface area contributed by atoms with Crippen molar-refractivity contribution >= 4 is 52.3 Å². The fourth-order valence-electron chi connectivity index (χ4n) is 5.94. The zero-order valence-corrected chi connectivity index (χ0v) is 27.7. The lowest BCUT2D eigenvalue weighted by Crippen LogP contribution is -2.39. The summed E-state index contributed by atoms with van der Waals surface area (Å²) in [5, 5.41) is 3.73. The monoisotopic (exact) mass is 650 g/mol. The van der Waals surface area contributed by atoms with Gasteiger partial charge in [-0.1, -0.05) is 56.1 Å². The Kier molecular flexibility index (Phi) is 12.2. The number of hydrogen-bond donors (Lipinski definition) is 1. The Balaban J connectivity index is 1.72. The van der Waals surface area contributed by atoms with Gasteiger partial charge >= 0.3 is 0 Å². The summed E-state index contributed by atoms with van der Waals surface area (Å²) < 4.78 is 5.65. The van der Waals surface area contributed by atoms with Crippen LogP contribution in [0.1, 0.15) is 65.9 Å². The van der Waals surface area contributed by atoms with Gasteiger partial charge in [0.1, 0.15) is 11.7 Å². The van der Waals surface area contributed by atoms with Gasteiger partial charge in [-0.2, -0.15) is 0 Å². The van der Waals surface area contributed by atoms with Gasteiger partial charge in [0.05, 0.1) is 29.3 Å². The molecule has 2 unspecified atom stereocenters. The molecule has 0 radical (unpaired) electrons. The molecule has 3 aromatic carbocycles. The minimum absolute atomic E-state index is 0.0103. The summed E-state index contributed by atoms with van der Waals surface area (Å²) in [4.78, 5) is 45.5. The minimum Gasteiger partial charge on any atom is -0.496 e. The SMILES string of the molecule is CCN(CC)CCN(CC)C1CCC(C=C=O)N(C(=O)c2ccc(NC(=O)c3ccccc3Cl)cc2OC)c2ccc(Cl)cc21. The maximum Gasteiger partial charge on any atom is 0.262 e. The number of benzene rings is 3. The quantitative estimate of drug-likeness (QED) is 0.210. The van der Waals surface area contributed by atoms with Crippen molar-refractivity contribution in [1.82, 2.24) is 9.80 Å². The van der Waals surface area contributed by atoms with Crippen molar-refractivity contribution < 1.29 is 19.1 Å². The minimum atomic E-state index is -0.536. The number of amides is 2. The Morgan fingerprint density at radius 2 is 1.73 bits per heavy atom. The summed E-state index contributed by atoms with van der Waals surface area (Å²) in [5.41, 5.74) is 2.66. The van der Waals surface area contributed by atoms with Crippen molar-refractivity contribution in [3.05, 3.63) is 93.5 Å². The molecule has 1 aliphatic heterocycles. The van der Waals surface area contributed by atoms with Gasteiger partial charge in [0.25, 0.3) is 11.8 Å². The number of halogens is 2. The molecule has 45 heavy (non-hydrogen) atoms. The third-order valence-electron chi connectivity index (χ3n) is 8.41. The number of ether oxygens (including phenoxy) is 1. The van der Waals surface area contributed by atoms with E-state index >= 15 is 0 Å². The summed E-state index contributed by atoms with van der Waals surface area (Å²) in [6.07, 6.45) is 2.68. The number of methoxy groups -OCH3 is 1. The Hall–Kier alpha value is -3.65. The molecule has 1 heterocycles. The molecule has 0 bridgehead atoms. The van der Waals surface area contributed by atoms with Gasteiger partial charge in [-0.3, -0.25) is 14.5 Å². The Morgan fingerprint density at radius 3 is 2.40 bits per heavy atom. The summed E-state index contributed by atoms with van der Waals surface area (Å²) in [7, 11) is 1.47. The molecule has 238 valence electrons. The molecule has 1 N–H and O–H groups in total. The van der Waals surface area contributed by atoms with E-state index in [1.54, 1.807) is 53.4 Å². The van der Waals surface area contributed by atoms with Crippen molar-refractivity contribution in [3.63, 3.8) is 0 Å². The van der Waals surface area contributed by atoms with Crippen molar-refractivity contribution in [2.75, 3.05) is 50.1 Å². The van der Waals surface area contributed by atoms with Crippen LogP contribution in [0.25, 0.3) is 0 Å². The first-order valence-electron chi connectivity index (χ1n) is 15.3. The van der Waals surface area contributed by atoms with Crippen LogP contribution in [-0.4, -0.2) is 73.4 Å². The number of carbonyl (C=O) groups is 2. The Morgan fingerprint density at radius 1 is 0.978 bits per heavy atom. The van der Waals surface area contributed by atoms with Crippen LogP contribution < -0.4 is 15.0 Å². The highest BCUT2D eigenvalue weighted by Gasteiger charge is 2.36. The number of nitrogens with zero attached hydrogens (tertiary/aromatic N) is 3. The van der Waals surface area contributed by atoms with Crippen LogP contribution in [0.2, 0.25) is 10.0 Å². The first kappa shape index (κ1) is 34.2. The van der Waals surface area contributed by atoms with Gasteiger partial charge < -0.3 is 19.9 Å². The van der Waals surface area contributed by atoms with Crippen molar-refractivity contribution in [3.8, 4) is 5.75 Å². The number of rotatable bonds is 12. The normalized spacial score (nSPS) is 16.1. The molecule has 10 heteroatoms. The first-order valence-corrected chi connectivity index (χ1v) is 16.1. The summed E-state index contributed by atoms with van der Waals surface area (Å²) in [5.74, 6) is 1.48. The van der Waals surface area contributed by atoms with Gasteiger partial charge in [-0.05, 0) is 80.5 Å². The highest BCUT2D eigenvalue weighted by atomic mass is 35.5. The molecule has 0 spiro atoms. The predicted molar refractivity (Wildman–Crippen MR) is 182 cm³/mol. The van der Waals surface area contributed by atoms with Crippen LogP contribution in [0.5, 0.6) is 5.75 Å². The molecule has 1 aliphatic rings. The number of fused-ring (bicyclic) bond motifs is 1. The van der Waals surface area contributed by atoms with Gasteiger partial charge in [-0.25, -0.2) is 4.79 Å². The highest BCUT2D eigenvalue weighted by Crippen LogP contribution is 2.42. The van der Waals surface area contributed by atoms with Crippen molar-refractivity contribution in [1.29, 1.82) is 0 Å². The summed E-state index contributed by atoms with van der Waals surface area (Å²) in [6.45, 7) is 11.0. The number of hydrogen-bond acceptors (Lipinski definition) is 6. The molecule has 0 saturated heterocycles. The zero-order chi connectivity index (χ0) is 32.5. The van der Waals surface area contributed by atoms with E-state index in [4.69, 9.17) is 27.9 Å². The number of anilines is 2. The van der Waals surface area contributed by atoms with E-state index in [1.165, 1.54) is 13.2 Å². The van der Waals surface area contributed by atoms with E-state index in [0.717, 1.165) is 44.7 Å². The van der Waals surface area contributed by atoms with E-state index in [0.29, 0.717) is 33.4 Å². The third kappa shape index (κ3) is 7.96. The molecule has 4 rings (SSSR count). The van der Waals surface area contributed by atoms with Crippen LogP contribution in [0.3, 0.4) is 0 Å². The second-order valence-electron chi connectivity index (χ2n) is 10.8. The van der Waals surface area contributed by atoms with Crippen LogP contribution >= 0.6 is 23.2 Å². The molecule has 2 atom stereocenters. The van der Waals surface area contributed by atoms with Crippen LogP contribution in [0.4, 0.5) is 11.4 Å². The molecule has 0 fully saturated rings. The first-order chi connectivity index (χ1) is 21.8. The molecular formula is C35H40Cl2N4O4. The zero-order valence-electron chi connectivity index (χ0n) is 26.2. The third-order valence-corrected chi connectivity index (χ3v) is 8.97. The van der Waals surface area contributed by atoms with E-state index in [-0.39, 0.29) is 29.2 Å². The molecular weight excluding hydrogens is 611 g/mol. The average molecular weight is 652 g/mol. The molecule has 8 nitrogen and oxygen atoms in total. The van der Waals surface area contributed by atoms with Gasteiger partial charge in [0.15, 0.2) is 0 Å². The largest absolute Gasteiger partial charge is 0.496 e. The van der Waals surface area contributed by atoms with Crippen LogP contribution in [-0.2, 0) is 4.79 Å². The lowest BCUT2D eigenvalue weighted by molar-refractivity contribution is 0.0976. The summed E-state index contributed by atoms with van der Waals surface area (Å²) in [6, 6.07) is 16.6. The smallest absolute Gasteiger partial charge is 0.262 e. The highest BCUT2D eigenvalue weighted by molar-refractivity contribution is 6.34. The lowest BCUT2D eigenvalue weighted by Gasteiger charge is -2.33. The molecule has 0 aromatic heterocycles. The van der Waals surface area contributed by atoms with Crippen molar-refractivity contribution in [2.24, 2.45) is 0 Å². The van der Waals surface area contributed by atoms with Crippen LogP contribution in [0, 0.1) is 0 Å². The van der Waals surface area contributed by atoms with Crippen LogP contribution in [0.15, 0.2) is 66.7 Å². The van der Waals surface area contributed by atoms with E-state index in [9.17, 15) is 14.4 Å². The average Bonchev–Trinajstić information content (AvgIpc) is 3.19. The molecule has 0 aliphatic carbocycles. The van der Waals surface area contributed by atoms with Crippen molar-refractivity contribution in [2.45, 2.75) is 45.7 Å². The lowest BCUT2D eigenvalue weighted by atomic mass is 9.99. The predicted octanol–water partition coefficient (Wildman–Crippen LogP) is 7.16. The van der Waals surface area contributed by atoms with E-state index in [1.807, 2.05) is 18.1 Å². The number of likely N-dealkylation sites (N-methyl/N-ethyl adjacent to an activating group) is 2. The fourth-order valence-corrected chi connectivity index (χ4v) is 6.34. The summed E-state index contributed by atoms with van der Waals surface area (Å²) >= 11 is 12.8. The topological polar surface area (TPSA) is 82.2 Å². The van der Waals surface area contributed by atoms with Gasteiger partial charge in [0.2, 0.25) is 0 Å². The number of nitrogens with one attached hydrogen (secondary N) is 1. The fraction of sp³-hybridized carbons (Fsp3) is 0.371. The molecule has 3 aromatic rings. The Labute approximate surface area is 275 Å². The van der Waals surface area contributed by atoms with Gasteiger partial charge in [-0.15, -0.1) is 0 Å². The standard InChI is InChI=1S/C35H40Cl2N4O4/c1-5-39(6-2)19-20-40(7-3)31-17-14-26(18-21-42)41(32-16-12-24(36)22-29(31)32)35(44)28-15-13-25(23-33(28)45-4)38-34(43)27-10-8-9-11-30(27)37/h8-13,15-16,18,22-23,26,31H,5-7,14,17,19-20H2,1-4H3,(H,38,43). The number of carbonyl (C=O) groups excluding carboxylic acids is 3. The second kappa shape index (κ2) is 16.1. The molecule has 0 saturated carbocycles. The maximum absolute atomic E-state index is 14.4. The van der Waals surface area contributed by atoms with E-state index < -0.39 is 6.04 Å². The van der Waals surface area contributed by atoms with Gasteiger partial charge in [0, 0.05) is 47.7 Å². The molecule has 2 amide bonds. The van der Waals surface area contributed by atoms with E-state index in [2.05, 4.69) is 35.9 Å². The Bertz CT molecular complexity index is 1550. The second-order valence-corrected chi connectivity index (χ2v) is 11.7. The maximum atomic E-state index is 14.4.